The molecule has 42 heavy (non-hydrogen) atoms. The van der Waals surface area contributed by atoms with E-state index in [1.165, 1.54) is 0 Å². The molecule has 14 heteroatoms. The predicted molar refractivity (Wildman–Crippen MR) is 155 cm³/mol. The summed E-state index contributed by atoms with van der Waals surface area (Å²) in [5, 5.41) is 41.9. The van der Waals surface area contributed by atoms with Gasteiger partial charge < -0.3 is 58.7 Å². The number of aliphatic hydroxyl groups excluding tert-OH is 3. The Kier molecular flexibility index (Phi) is 37.8. The van der Waals surface area contributed by atoms with Crippen LogP contribution in [0.15, 0.2) is 12.2 Å². The zero-order valence-electron chi connectivity index (χ0n) is 26.0. The van der Waals surface area contributed by atoms with E-state index in [-0.39, 0.29) is 31.5 Å². The van der Waals surface area contributed by atoms with Crippen LogP contribution in [0.25, 0.3) is 0 Å². The third-order valence-electron chi connectivity index (χ3n) is 4.47. The topological polar surface area (TPSA) is 200 Å². The first-order chi connectivity index (χ1) is 20.0. The number of unbranched alkanes of at least 4 members (excludes halogenated alkanes) is 1. The molecule has 0 bridgehead atoms. The normalized spacial score (nSPS) is 13.8. The maximum Gasteiger partial charge on any atom is 0.328 e. The number of hydrogen-bond acceptors (Lipinski definition) is 12. The molecule has 0 rings (SSSR count). The van der Waals surface area contributed by atoms with E-state index >= 15 is 0 Å². The standard InChI is InChI=1S/2C12H26O5.C4H4O4/c1-9(14)6-15-11(3)8-17-12(4)7-16-10(2)5-13;1-2-3-5-14-7-9-16-11-12-17-10-8-15-6-4-13;5-3(6)1-2-4(7)8/h9-14H,5-8H2,1-4H3;13H,2-12H2,1H3;1-2H,(H,5,6)(H,7,8)/b;;2-1-. The third kappa shape index (κ3) is 45.3. The summed E-state index contributed by atoms with van der Waals surface area (Å²) in [4.78, 5) is 19.1. The Balaban J connectivity index is -0.000000579. The van der Waals surface area contributed by atoms with E-state index in [0.29, 0.717) is 78.2 Å². The Bertz CT molecular complexity index is 573. The van der Waals surface area contributed by atoms with Gasteiger partial charge in [-0.15, -0.1) is 0 Å². The van der Waals surface area contributed by atoms with Crippen LogP contribution in [0.2, 0.25) is 0 Å². The van der Waals surface area contributed by atoms with Gasteiger partial charge in [-0.05, 0) is 34.1 Å². The zero-order valence-corrected chi connectivity index (χ0v) is 26.0. The van der Waals surface area contributed by atoms with Crippen LogP contribution in [-0.4, -0.2) is 148 Å². The van der Waals surface area contributed by atoms with Gasteiger partial charge in [0, 0.05) is 18.8 Å². The van der Waals surface area contributed by atoms with E-state index in [9.17, 15) is 9.59 Å². The average Bonchev–Trinajstić information content (AvgIpc) is 2.95. The van der Waals surface area contributed by atoms with Crippen LogP contribution in [0.5, 0.6) is 0 Å². The Labute approximate surface area is 250 Å². The van der Waals surface area contributed by atoms with Gasteiger partial charge in [0.05, 0.1) is 104 Å². The van der Waals surface area contributed by atoms with Crippen molar-refractivity contribution >= 4 is 11.9 Å². The summed E-state index contributed by atoms with van der Waals surface area (Å²) in [7, 11) is 0. The van der Waals surface area contributed by atoms with Crippen LogP contribution >= 0.6 is 0 Å². The number of aliphatic hydroxyl groups is 3. The van der Waals surface area contributed by atoms with Gasteiger partial charge in [0.2, 0.25) is 0 Å². The number of rotatable bonds is 26. The second kappa shape index (κ2) is 35.5. The Morgan fingerprint density at radius 2 is 1.00 bits per heavy atom. The molecule has 5 N–H and O–H groups in total. The summed E-state index contributed by atoms with van der Waals surface area (Å²) in [5.41, 5.74) is 0. The maximum atomic E-state index is 9.55. The van der Waals surface area contributed by atoms with Crippen molar-refractivity contribution in [3.05, 3.63) is 12.2 Å². The van der Waals surface area contributed by atoms with Crippen molar-refractivity contribution in [2.24, 2.45) is 0 Å². The highest BCUT2D eigenvalue weighted by atomic mass is 16.6. The van der Waals surface area contributed by atoms with Gasteiger partial charge in [-0.25, -0.2) is 9.59 Å². The van der Waals surface area contributed by atoms with Gasteiger partial charge in [-0.3, -0.25) is 0 Å². The first-order valence-electron chi connectivity index (χ1n) is 14.2. The second-order valence-electron chi connectivity index (χ2n) is 9.00. The highest BCUT2D eigenvalue weighted by molar-refractivity contribution is 5.89. The summed E-state index contributed by atoms with van der Waals surface area (Å²) in [5.74, 6) is -2.51. The number of aliphatic carboxylic acids is 2. The summed E-state index contributed by atoms with van der Waals surface area (Å²) in [6.45, 7) is 15.4. The molecule has 0 aliphatic heterocycles. The number of carbonyl (C=O) groups is 2. The van der Waals surface area contributed by atoms with Gasteiger partial charge in [0.1, 0.15) is 0 Å². The molecule has 0 aromatic rings. The first-order valence-corrected chi connectivity index (χ1v) is 14.2. The number of carboxylic acid groups (broad SMARTS) is 2. The number of ether oxygens (including phenoxy) is 7. The molecule has 252 valence electrons. The van der Waals surface area contributed by atoms with Crippen LogP contribution in [0.4, 0.5) is 0 Å². The van der Waals surface area contributed by atoms with Crippen LogP contribution in [0, 0.1) is 0 Å². The molecule has 0 saturated carbocycles. The quantitative estimate of drug-likeness (QED) is 0.0684. The van der Waals surface area contributed by atoms with Gasteiger partial charge in [-0.1, -0.05) is 13.3 Å². The molecule has 4 atom stereocenters. The molecule has 0 amide bonds. The van der Waals surface area contributed by atoms with Crippen LogP contribution in [0.3, 0.4) is 0 Å². The van der Waals surface area contributed by atoms with Crippen molar-refractivity contribution in [2.75, 3.05) is 85.9 Å². The lowest BCUT2D eigenvalue weighted by Gasteiger charge is -2.19. The molecule has 0 spiro atoms. The second-order valence-corrected chi connectivity index (χ2v) is 9.00. The molecule has 0 saturated heterocycles. The SMILES string of the molecule is CC(O)COC(C)COC(C)COC(C)CO.CCCCOCCOCCOCCOCCO.O=C(O)/C=C\C(=O)O. The van der Waals surface area contributed by atoms with Crippen molar-refractivity contribution in [3.8, 4) is 0 Å². The van der Waals surface area contributed by atoms with Crippen molar-refractivity contribution in [3.63, 3.8) is 0 Å². The molecule has 0 aliphatic rings. The fourth-order valence-electron chi connectivity index (χ4n) is 2.27. The number of carboxylic acids is 2. The van der Waals surface area contributed by atoms with E-state index in [0.717, 1.165) is 19.4 Å². The molecule has 0 aromatic carbocycles. The largest absolute Gasteiger partial charge is 0.478 e. The Hall–Kier alpha value is -1.72. The molecule has 0 fully saturated rings. The first kappa shape index (κ1) is 44.7. The molecular formula is C28H56O14. The van der Waals surface area contributed by atoms with Crippen LogP contribution in [0.1, 0.15) is 47.5 Å². The van der Waals surface area contributed by atoms with Crippen molar-refractivity contribution in [2.45, 2.75) is 71.9 Å². The van der Waals surface area contributed by atoms with E-state index in [2.05, 4.69) is 6.92 Å². The Morgan fingerprint density at radius 1 is 0.619 bits per heavy atom. The average molecular weight is 617 g/mol. The lowest BCUT2D eigenvalue weighted by atomic mass is 10.3. The Morgan fingerprint density at radius 3 is 1.36 bits per heavy atom. The lowest BCUT2D eigenvalue weighted by Crippen LogP contribution is -2.27. The maximum absolute atomic E-state index is 9.55. The van der Waals surface area contributed by atoms with Gasteiger partial charge >= 0.3 is 11.9 Å². The molecule has 0 aliphatic carbocycles. The predicted octanol–water partition coefficient (Wildman–Crippen LogP) is 1.13. The molecule has 0 aromatic heterocycles. The van der Waals surface area contributed by atoms with E-state index < -0.39 is 18.0 Å². The third-order valence-corrected chi connectivity index (χ3v) is 4.47. The minimum Gasteiger partial charge on any atom is -0.478 e. The van der Waals surface area contributed by atoms with E-state index in [4.69, 9.17) is 58.7 Å². The van der Waals surface area contributed by atoms with Crippen LogP contribution < -0.4 is 0 Å². The summed E-state index contributed by atoms with van der Waals surface area (Å²) >= 11 is 0. The lowest BCUT2D eigenvalue weighted by molar-refractivity contribution is -0.134. The van der Waals surface area contributed by atoms with Crippen molar-refractivity contribution in [1.29, 1.82) is 0 Å². The van der Waals surface area contributed by atoms with Gasteiger partial charge in [0.15, 0.2) is 0 Å². The highest BCUT2D eigenvalue weighted by Gasteiger charge is 2.10. The van der Waals surface area contributed by atoms with Crippen LogP contribution in [-0.2, 0) is 42.7 Å². The highest BCUT2D eigenvalue weighted by Crippen LogP contribution is 2.00. The summed E-state index contributed by atoms with van der Waals surface area (Å²) in [6.07, 6.45) is 2.67. The molecule has 4 unspecified atom stereocenters. The summed E-state index contributed by atoms with van der Waals surface area (Å²) in [6, 6.07) is 0. The smallest absolute Gasteiger partial charge is 0.328 e. The fraction of sp³-hybridized carbons (Fsp3) is 0.857. The fourth-order valence-corrected chi connectivity index (χ4v) is 2.27. The van der Waals surface area contributed by atoms with E-state index in [1.54, 1.807) is 13.8 Å². The summed E-state index contributed by atoms with van der Waals surface area (Å²) < 4.78 is 37.1. The molecule has 0 heterocycles. The van der Waals surface area contributed by atoms with Crippen molar-refractivity contribution < 1.29 is 68.3 Å². The van der Waals surface area contributed by atoms with Gasteiger partial charge in [0.25, 0.3) is 0 Å². The minimum absolute atomic E-state index is 0.0145. The van der Waals surface area contributed by atoms with E-state index in [1.807, 2.05) is 13.8 Å². The van der Waals surface area contributed by atoms with Crippen molar-refractivity contribution in [1.82, 2.24) is 0 Å². The monoisotopic (exact) mass is 616 g/mol. The van der Waals surface area contributed by atoms with Gasteiger partial charge in [-0.2, -0.15) is 0 Å². The molecular weight excluding hydrogens is 560 g/mol. The minimum atomic E-state index is -1.26. The molecule has 14 nitrogen and oxygen atoms in total. The molecule has 0 radical (unpaired) electrons. The zero-order chi connectivity index (χ0) is 32.4. The number of hydrogen-bond donors (Lipinski definition) is 5.